The lowest BCUT2D eigenvalue weighted by Crippen LogP contribution is -2.07. The van der Waals surface area contributed by atoms with Crippen LogP contribution in [0.4, 0.5) is 0 Å². The van der Waals surface area contributed by atoms with Crippen LogP contribution in [-0.2, 0) is 7.05 Å². The fourth-order valence-corrected chi connectivity index (χ4v) is 2.01. The highest BCUT2D eigenvalue weighted by Crippen LogP contribution is 2.19. The summed E-state index contributed by atoms with van der Waals surface area (Å²) in [7, 11) is 1.80. The molecule has 0 saturated carbocycles. The SMILES string of the molecule is Cn1cncc1C(=O)c1cncc2ccccc12. The molecule has 4 heteroatoms. The first-order chi connectivity index (χ1) is 8.77. The zero-order valence-electron chi connectivity index (χ0n) is 9.87. The average molecular weight is 237 g/mol. The van der Waals surface area contributed by atoms with E-state index in [9.17, 15) is 4.79 Å². The number of rotatable bonds is 2. The van der Waals surface area contributed by atoms with Gasteiger partial charge in [0.1, 0.15) is 5.69 Å². The van der Waals surface area contributed by atoms with Crippen molar-refractivity contribution in [2.45, 2.75) is 0 Å². The molecule has 2 heterocycles. The maximum absolute atomic E-state index is 12.4. The average Bonchev–Trinajstić information content (AvgIpc) is 2.83. The van der Waals surface area contributed by atoms with Crippen LogP contribution in [0.3, 0.4) is 0 Å². The van der Waals surface area contributed by atoms with Crippen molar-refractivity contribution in [2.75, 3.05) is 0 Å². The third-order valence-electron chi connectivity index (χ3n) is 2.96. The highest BCUT2D eigenvalue weighted by Gasteiger charge is 2.15. The topological polar surface area (TPSA) is 47.8 Å². The number of carbonyl (C=O) groups excluding carboxylic acids is 1. The predicted octanol–water partition coefficient (Wildman–Crippen LogP) is 2.20. The minimum absolute atomic E-state index is 0.0562. The first-order valence-corrected chi connectivity index (χ1v) is 5.61. The molecule has 3 aromatic rings. The molecule has 0 atom stereocenters. The van der Waals surface area contributed by atoms with Crippen LogP contribution in [0.25, 0.3) is 10.8 Å². The molecular formula is C14H11N3O. The molecular weight excluding hydrogens is 226 g/mol. The van der Waals surface area contributed by atoms with E-state index in [0.29, 0.717) is 11.3 Å². The van der Waals surface area contributed by atoms with Gasteiger partial charge in [0.25, 0.3) is 0 Å². The Morgan fingerprint density at radius 2 is 1.94 bits per heavy atom. The molecule has 0 aliphatic heterocycles. The Morgan fingerprint density at radius 3 is 2.72 bits per heavy atom. The van der Waals surface area contributed by atoms with Crippen molar-refractivity contribution < 1.29 is 4.79 Å². The number of hydrogen-bond donors (Lipinski definition) is 0. The highest BCUT2D eigenvalue weighted by molar-refractivity contribution is 6.15. The van der Waals surface area contributed by atoms with E-state index in [1.807, 2.05) is 24.3 Å². The zero-order valence-corrected chi connectivity index (χ0v) is 9.87. The van der Waals surface area contributed by atoms with Gasteiger partial charge in [0.15, 0.2) is 0 Å². The van der Waals surface area contributed by atoms with E-state index in [4.69, 9.17) is 0 Å². The smallest absolute Gasteiger partial charge is 0.213 e. The zero-order chi connectivity index (χ0) is 12.5. The molecule has 0 aliphatic carbocycles. The second-order valence-electron chi connectivity index (χ2n) is 4.13. The number of hydrogen-bond acceptors (Lipinski definition) is 3. The maximum Gasteiger partial charge on any atom is 0.213 e. The summed E-state index contributed by atoms with van der Waals surface area (Å²) in [4.78, 5) is 20.5. The molecule has 1 aromatic carbocycles. The molecule has 18 heavy (non-hydrogen) atoms. The maximum atomic E-state index is 12.4. The molecule has 4 nitrogen and oxygen atoms in total. The van der Waals surface area contributed by atoms with Crippen molar-refractivity contribution in [2.24, 2.45) is 7.05 Å². The van der Waals surface area contributed by atoms with E-state index in [1.165, 1.54) is 0 Å². The number of pyridine rings is 1. The van der Waals surface area contributed by atoms with E-state index in [2.05, 4.69) is 9.97 Å². The third kappa shape index (κ3) is 1.59. The third-order valence-corrected chi connectivity index (χ3v) is 2.96. The van der Waals surface area contributed by atoms with Crippen molar-refractivity contribution in [3.8, 4) is 0 Å². The number of aryl methyl sites for hydroxylation is 1. The Bertz CT molecular complexity index is 725. The van der Waals surface area contributed by atoms with Gasteiger partial charge in [-0.15, -0.1) is 0 Å². The van der Waals surface area contributed by atoms with Gasteiger partial charge in [-0.25, -0.2) is 4.98 Å². The fraction of sp³-hybridized carbons (Fsp3) is 0.0714. The van der Waals surface area contributed by atoms with Crippen molar-refractivity contribution >= 4 is 16.6 Å². The summed E-state index contributed by atoms with van der Waals surface area (Å²) in [5.74, 6) is -0.0562. The molecule has 0 radical (unpaired) electrons. The minimum Gasteiger partial charge on any atom is -0.331 e. The fourth-order valence-electron chi connectivity index (χ4n) is 2.01. The molecule has 0 bridgehead atoms. The van der Waals surface area contributed by atoms with Gasteiger partial charge in [-0.05, 0) is 5.39 Å². The Labute approximate surface area is 104 Å². The lowest BCUT2D eigenvalue weighted by atomic mass is 10.0. The number of aromatic nitrogens is 3. The molecule has 0 amide bonds. The molecule has 88 valence electrons. The Kier molecular flexibility index (Phi) is 2.41. The number of imidazole rings is 1. The van der Waals surface area contributed by atoms with Crippen LogP contribution in [0, 0.1) is 0 Å². The quantitative estimate of drug-likeness (QED) is 0.642. The number of carbonyl (C=O) groups is 1. The Morgan fingerprint density at radius 1 is 1.11 bits per heavy atom. The van der Waals surface area contributed by atoms with E-state index in [0.717, 1.165) is 10.8 Å². The number of nitrogens with zero attached hydrogens (tertiary/aromatic N) is 3. The second-order valence-corrected chi connectivity index (χ2v) is 4.13. The van der Waals surface area contributed by atoms with E-state index >= 15 is 0 Å². The van der Waals surface area contributed by atoms with Crippen LogP contribution in [0.5, 0.6) is 0 Å². The van der Waals surface area contributed by atoms with Gasteiger partial charge in [0, 0.05) is 24.8 Å². The van der Waals surface area contributed by atoms with Gasteiger partial charge < -0.3 is 4.57 Å². The number of ketones is 1. The van der Waals surface area contributed by atoms with E-state index < -0.39 is 0 Å². The lowest BCUT2D eigenvalue weighted by Gasteiger charge is -2.05. The van der Waals surface area contributed by atoms with Crippen LogP contribution in [0.2, 0.25) is 0 Å². The molecule has 3 rings (SSSR count). The normalized spacial score (nSPS) is 10.7. The van der Waals surface area contributed by atoms with Crippen molar-refractivity contribution in [1.29, 1.82) is 0 Å². The molecule has 0 spiro atoms. The van der Waals surface area contributed by atoms with Crippen LogP contribution in [0.1, 0.15) is 16.1 Å². The molecule has 0 fully saturated rings. The Balaban J connectivity index is 2.21. The highest BCUT2D eigenvalue weighted by atomic mass is 16.1. The van der Waals surface area contributed by atoms with Gasteiger partial charge in [-0.2, -0.15) is 0 Å². The van der Waals surface area contributed by atoms with Gasteiger partial charge >= 0.3 is 0 Å². The van der Waals surface area contributed by atoms with Gasteiger partial charge in [-0.3, -0.25) is 9.78 Å². The molecule has 0 aliphatic rings. The van der Waals surface area contributed by atoms with Crippen LogP contribution in [-0.4, -0.2) is 20.3 Å². The standard InChI is InChI=1S/C14H11N3O/c1-17-9-16-8-13(17)14(18)12-7-15-6-10-4-2-3-5-11(10)12/h2-9H,1H3. The molecule has 2 aromatic heterocycles. The molecule has 0 unspecified atom stereocenters. The summed E-state index contributed by atoms with van der Waals surface area (Å²) >= 11 is 0. The molecule has 0 N–H and O–H groups in total. The Hall–Kier alpha value is -2.49. The lowest BCUT2D eigenvalue weighted by molar-refractivity contribution is 0.103. The van der Waals surface area contributed by atoms with Gasteiger partial charge in [0.2, 0.25) is 5.78 Å². The predicted molar refractivity (Wildman–Crippen MR) is 68.4 cm³/mol. The summed E-state index contributed by atoms with van der Waals surface area (Å²) in [6.07, 6.45) is 6.56. The number of benzene rings is 1. The van der Waals surface area contributed by atoms with Crippen LogP contribution >= 0.6 is 0 Å². The first kappa shape index (κ1) is 10.7. The van der Waals surface area contributed by atoms with Gasteiger partial charge in [-0.1, -0.05) is 24.3 Å². The van der Waals surface area contributed by atoms with Crippen LogP contribution in [0.15, 0.2) is 49.2 Å². The van der Waals surface area contributed by atoms with Crippen molar-refractivity contribution in [3.05, 3.63) is 60.4 Å². The summed E-state index contributed by atoms with van der Waals surface area (Å²) in [6.45, 7) is 0. The minimum atomic E-state index is -0.0562. The van der Waals surface area contributed by atoms with Crippen molar-refractivity contribution in [3.63, 3.8) is 0 Å². The van der Waals surface area contributed by atoms with Crippen molar-refractivity contribution in [1.82, 2.24) is 14.5 Å². The number of fused-ring (bicyclic) bond motifs is 1. The second kappa shape index (κ2) is 4.07. The monoisotopic (exact) mass is 237 g/mol. The largest absolute Gasteiger partial charge is 0.331 e. The van der Waals surface area contributed by atoms with Gasteiger partial charge in [0.05, 0.1) is 18.1 Å². The summed E-state index contributed by atoms with van der Waals surface area (Å²) in [5.41, 5.74) is 1.17. The summed E-state index contributed by atoms with van der Waals surface area (Å²) in [6, 6.07) is 7.73. The summed E-state index contributed by atoms with van der Waals surface area (Å²) < 4.78 is 1.71. The molecule has 0 saturated heterocycles. The van der Waals surface area contributed by atoms with E-state index in [-0.39, 0.29) is 5.78 Å². The van der Waals surface area contributed by atoms with Crippen LogP contribution < -0.4 is 0 Å². The summed E-state index contributed by atoms with van der Waals surface area (Å²) in [5, 5.41) is 1.88. The van der Waals surface area contributed by atoms with E-state index in [1.54, 1.807) is 36.5 Å². The first-order valence-electron chi connectivity index (χ1n) is 5.61.